The van der Waals surface area contributed by atoms with E-state index in [2.05, 4.69) is 5.32 Å². The Morgan fingerprint density at radius 3 is 2.89 bits per heavy atom. The molecule has 0 radical (unpaired) electrons. The third-order valence-corrected chi connectivity index (χ3v) is 2.52. The number of aliphatic hydroxyl groups is 1. The summed E-state index contributed by atoms with van der Waals surface area (Å²) in [4.78, 5) is 12.0. The van der Waals surface area contributed by atoms with Gasteiger partial charge in [0, 0.05) is 12.6 Å². The van der Waals surface area contributed by atoms with Crippen molar-refractivity contribution in [3.05, 3.63) is 23.8 Å². The van der Waals surface area contributed by atoms with Gasteiger partial charge < -0.3 is 20.9 Å². The van der Waals surface area contributed by atoms with Gasteiger partial charge in [-0.05, 0) is 32.4 Å². The minimum atomic E-state index is -0.244. The first-order valence-electron chi connectivity index (χ1n) is 6.03. The predicted molar refractivity (Wildman–Crippen MR) is 70.7 cm³/mol. The summed E-state index contributed by atoms with van der Waals surface area (Å²) < 4.78 is 5.40. The smallest absolute Gasteiger partial charge is 0.255 e. The number of hydrogen-bond donors (Lipinski definition) is 3. The van der Waals surface area contributed by atoms with E-state index in [0.717, 1.165) is 0 Å². The Kier molecular flexibility index (Phi) is 5.45. The molecule has 0 saturated carbocycles. The van der Waals surface area contributed by atoms with E-state index in [1.165, 1.54) is 0 Å². The molecule has 100 valence electrons. The molecule has 0 aliphatic heterocycles. The Labute approximate surface area is 107 Å². The molecule has 1 unspecified atom stereocenters. The van der Waals surface area contributed by atoms with E-state index in [1.54, 1.807) is 18.2 Å². The molecule has 18 heavy (non-hydrogen) atoms. The molecule has 1 amide bonds. The molecular formula is C13H20N2O3. The first-order valence-corrected chi connectivity index (χ1v) is 6.03. The molecule has 0 fully saturated rings. The van der Waals surface area contributed by atoms with Crippen LogP contribution in [0.15, 0.2) is 18.2 Å². The van der Waals surface area contributed by atoms with Crippen LogP contribution in [0.1, 0.15) is 30.6 Å². The van der Waals surface area contributed by atoms with Crippen molar-refractivity contribution in [2.24, 2.45) is 0 Å². The number of carbonyl (C=O) groups is 1. The molecule has 1 aromatic rings. The maximum absolute atomic E-state index is 12.0. The fourth-order valence-corrected chi connectivity index (χ4v) is 1.61. The molecule has 5 nitrogen and oxygen atoms in total. The number of nitrogens with one attached hydrogen (secondary N) is 1. The van der Waals surface area contributed by atoms with Gasteiger partial charge >= 0.3 is 0 Å². The molecule has 0 aromatic heterocycles. The average molecular weight is 252 g/mol. The first-order chi connectivity index (χ1) is 8.60. The largest absolute Gasteiger partial charge is 0.491 e. The molecule has 1 aromatic carbocycles. The summed E-state index contributed by atoms with van der Waals surface area (Å²) in [5.74, 6) is 0.167. The van der Waals surface area contributed by atoms with Crippen LogP contribution in [0.5, 0.6) is 5.75 Å². The third kappa shape index (κ3) is 3.63. The molecule has 0 saturated heterocycles. The highest BCUT2D eigenvalue weighted by molar-refractivity contribution is 5.98. The van der Waals surface area contributed by atoms with E-state index < -0.39 is 0 Å². The number of para-hydroxylation sites is 1. The number of carbonyl (C=O) groups excluding carboxylic acids is 1. The first kappa shape index (κ1) is 14.3. The molecule has 4 N–H and O–H groups in total. The minimum Gasteiger partial charge on any atom is -0.491 e. The topological polar surface area (TPSA) is 84.6 Å². The van der Waals surface area contributed by atoms with Crippen molar-refractivity contribution in [1.29, 1.82) is 0 Å². The second-order valence-electron chi connectivity index (χ2n) is 4.04. The molecule has 1 atom stereocenters. The van der Waals surface area contributed by atoms with Crippen molar-refractivity contribution in [2.75, 3.05) is 18.9 Å². The van der Waals surface area contributed by atoms with Crippen molar-refractivity contribution < 1.29 is 14.6 Å². The molecular weight excluding hydrogens is 232 g/mol. The molecule has 5 heteroatoms. The lowest BCUT2D eigenvalue weighted by molar-refractivity contribution is 0.0930. The Morgan fingerprint density at radius 1 is 1.56 bits per heavy atom. The summed E-state index contributed by atoms with van der Waals surface area (Å²) in [6.07, 6.45) is 0.512. The Morgan fingerprint density at radius 2 is 2.28 bits per heavy atom. The zero-order valence-corrected chi connectivity index (χ0v) is 10.8. The number of nitrogens with two attached hydrogens (primary N) is 1. The van der Waals surface area contributed by atoms with Gasteiger partial charge in [0.05, 0.1) is 17.9 Å². The number of hydrogen-bond acceptors (Lipinski definition) is 4. The summed E-state index contributed by atoms with van der Waals surface area (Å²) in [5, 5.41) is 11.6. The van der Waals surface area contributed by atoms with E-state index in [-0.39, 0.29) is 18.6 Å². The number of nitrogen functional groups attached to an aromatic ring is 1. The average Bonchev–Trinajstić information content (AvgIpc) is 2.32. The lowest BCUT2D eigenvalue weighted by atomic mass is 10.1. The highest BCUT2D eigenvalue weighted by Gasteiger charge is 2.16. The SMILES string of the molecule is CCOc1c(N)cccc1C(=O)NC(C)CCO. The van der Waals surface area contributed by atoms with E-state index >= 15 is 0 Å². The maximum atomic E-state index is 12.0. The lowest BCUT2D eigenvalue weighted by Crippen LogP contribution is -2.33. The van der Waals surface area contributed by atoms with Gasteiger partial charge in [-0.2, -0.15) is 0 Å². The zero-order chi connectivity index (χ0) is 13.5. The second kappa shape index (κ2) is 6.86. The van der Waals surface area contributed by atoms with Gasteiger partial charge in [-0.25, -0.2) is 0 Å². The van der Waals surface area contributed by atoms with Gasteiger partial charge in [0.25, 0.3) is 5.91 Å². The van der Waals surface area contributed by atoms with Crippen molar-refractivity contribution >= 4 is 11.6 Å². The molecule has 0 aliphatic rings. The monoisotopic (exact) mass is 252 g/mol. The number of amides is 1. The molecule has 0 heterocycles. The maximum Gasteiger partial charge on any atom is 0.255 e. The third-order valence-electron chi connectivity index (χ3n) is 2.52. The van der Waals surface area contributed by atoms with Crippen LogP contribution in [0, 0.1) is 0 Å². The Hall–Kier alpha value is -1.75. The molecule has 0 aliphatic carbocycles. The number of anilines is 1. The van der Waals surface area contributed by atoms with Crippen LogP contribution in [-0.4, -0.2) is 30.3 Å². The van der Waals surface area contributed by atoms with Crippen molar-refractivity contribution in [3.63, 3.8) is 0 Å². The van der Waals surface area contributed by atoms with Crippen LogP contribution in [-0.2, 0) is 0 Å². The van der Waals surface area contributed by atoms with Gasteiger partial charge in [-0.1, -0.05) is 6.07 Å². The summed E-state index contributed by atoms with van der Waals surface area (Å²) >= 11 is 0. The fraction of sp³-hybridized carbons (Fsp3) is 0.462. The predicted octanol–water partition coefficient (Wildman–Crippen LogP) is 1.17. The highest BCUT2D eigenvalue weighted by Crippen LogP contribution is 2.26. The van der Waals surface area contributed by atoms with Gasteiger partial charge in [-0.15, -0.1) is 0 Å². The quantitative estimate of drug-likeness (QED) is 0.663. The van der Waals surface area contributed by atoms with Crippen molar-refractivity contribution in [1.82, 2.24) is 5.32 Å². The van der Waals surface area contributed by atoms with Gasteiger partial charge in [-0.3, -0.25) is 4.79 Å². The van der Waals surface area contributed by atoms with Crippen LogP contribution in [0.4, 0.5) is 5.69 Å². The fourth-order valence-electron chi connectivity index (χ4n) is 1.61. The molecule has 0 spiro atoms. The van der Waals surface area contributed by atoms with E-state index in [9.17, 15) is 4.79 Å². The molecule has 0 bridgehead atoms. The lowest BCUT2D eigenvalue weighted by Gasteiger charge is -2.15. The summed E-state index contributed by atoms with van der Waals surface area (Å²) in [6.45, 7) is 4.15. The summed E-state index contributed by atoms with van der Waals surface area (Å²) in [5.41, 5.74) is 6.65. The zero-order valence-electron chi connectivity index (χ0n) is 10.8. The van der Waals surface area contributed by atoms with Crippen LogP contribution < -0.4 is 15.8 Å². The second-order valence-corrected chi connectivity index (χ2v) is 4.04. The standard InChI is InChI=1S/C13H20N2O3/c1-3-18-12-10(5-4-6-11(12)14)13(17)15-9(2)7-8-16/h4-6,9,16H,3,7-8,14H2,1-2H3,(H,15,17). The molecule has 1 rings (SSSR count). The van der Waals surface area contributed by atoms with Crippen molar-refractivity contribution in [2.45, 2.75) is 26.3 Å². The van der Waals surface area contributed by atoms with Gasteiger partial charge in [0.2, 0.25) is 0 Å². The highest BCUT2D eigenvalue weighted by atomic mass is 16.5. The Balaban J connectivity index is 2.87. The normalized spacial score (nSPS) is 11.9. The number of aliphatic hydroxyl groups excluding tert-OH is 1. The number of ether oxygens (including phenoxy) is 1. The van der Waals surface area contributed by atoms with Gasteiger partial charge in [0.1, 0.15) is 0 Å². The van der Waals surface area contributed by atoms with E-state index in [4.69, 9.17) is 15.6 Å². The van der Waals surface area contributed by atoms with E-state index in [0.29, 0.717) is 30.0 Å². The van der Waals surface area contributed by atoms with Crippen LogP contribution in [0.3, 0.4) is 0 Å². The van der Waals surface area contributed by atoms with Crippen molar-refractivity contribution in [3.8, 4) is 5.75 Å². The van der Waals surface area contributed by atoms with Crippen LogP contribution in [0.25, 0.3) is 0 Å². The minimum absolute atomic E-state index is 0.0384. The summed E-state index contributed by atoms with van der Waals surface area (Å²) in [7, 11) is 0. The van der Waals surface area contributed by atoms with E-state index in [1.807, 2.05) is 13.8 Å². The van der Waals surface area contributed by atoms with Gasteiger partial charge in [0.15, 0.2) is 5.75 Å². The number of rotatable bonds is 6. The number of benzene rings is 1. The van der Waals surface area contributed by atoms with Crippen LogP contribution >= 0.6 is 0 Å². The Bertz CT molecular complexity index is 407. The van der Waals surface area contributed by atoms with Crippen LogP contribution in [0.2, 0.25) is 0 Å². The summed E-state index contributed by atoms with van der Waals surface area (Å²) in [6, 6.07) is 4.98.